The van der Waals surface area contributed by atoms with E-state index >= 15 is 0 Å². The molecule has 1 fully saturated rings. The van der Waals surface area contributed by atoms with Gasteiger partial charge in [0.15, 0.2) is 0 Å². The molecule has 1 nitrogen and oxygen atoms in total. The van der Waals surface area contributed by atoms with E-state index in [-0.39, 0.29) is 5.41 Å². The molecule has 52 heavy (non-hydrogen) atoms. The van der Waals surface area contributed by atoms with Crippen LogP contribution >= 0.6 is 0 Å². The standard InChI is InChI=1S/C51H45N/c1-51(2)49-21-13-12-20-46(49)47-33-31-44(35-50(47)51)52(42-27-22-38(23-28-42)36-14-6-3-7-15-36)43-29-24-40(25-30-43)48-34-41(37-16-8-4-9-17-37)26-32-45(48)39-18-10-5-11-19-39/h4-5,8-13,16-36H,3,6-7,14-15H2,1-2H3. The van der Waals surface area contributed by atoms with Gasteiger partial charge in [0.25, 0.3) is 0 Å². The highest BCUT2D eigenvalue weighted by Crippen LogP contribution is 2.51. The zero-order valence-electron chi connectivity index (χ0n) is 30.2. The molecular formula is C51H45N. The minimum absolute atomic E-state index is 0.0695. The number of nitrogens with zero attached hydrogens (tertiary/aromatic N) is 1. The molecule has 0 unspecified atom stereocenters. The van der Waals surface area contributed by atoms with E-state index in [1.165, 1.54) is 105 Å². The molecule has 254 valence electrons. The number of rotatable bonds is 7. The highest BCUT2D eigenvalue weighted by Gasteiger charge is 2.35. The van der Waals surface area contributed by atoms with E-state index in [2.05, 4.69) is 189 Å². The van der Waals surface area contributed by atoms with Gasteiger partial charge in [-0.2, -0.15) is 0 Å². The monoisotopic (exact) mass is 671 g/mol. The van der Waals surface area contributed by atoms with Crippen LogP contribution < -0.4 is 4.90 Å². The maximum Gasteiger partial charge on any atom is 0.0465 e. The van der Waals surface area contributed by atoms with Crippen molar-refractivity contribution in [2.75, 3.05) is 4.90 Å². The van der Waals surface area contributed by atoms with Gasteiger partial charge in [-0.25, -0.2) is 0 Å². The lowest BCUT2D eigenvalue weighted by Crippen LogP contribution is -2.16. The van der Waals surface area contributed by atoms with Gasteiger partial charge in [0.2, 0.25) is 0 Å². The summed E-state index contributed by atoms with van der Waals surface area (Å²) in [4.78, 5) is 2.45. The molecular weight excluding hydrogens is 627 g/mol. The van der Waals surface area contributed by atoms with Crippen LogP contribution in [0.4, 0.5) is 17.1 Å². The molecule has 0 aromatic heterocycles. The van der Waals surface area contributed by atoms with E-state index in [1.807, 2.05) is 0 Å². The second-order valence-corrected chi connectivity index (χ2v) is 15.2. The molecule has 0 bridgehead atoms. The van der Waals surface area contributed by atoms with Crippen LogP contribution in [0.3, 0.4) is 0 Å². The van der Waals surface area contributed by atoms with Crippen molar-refractivity contribution in [3.63, 3.8) is 0 Å². The van der Waals surface area contributed by atoms with Crippen molar-refractivity contribution in [1.82, 2.24) is 0 Å². The van der Waals surface area contributed by atoms with E-state index in [1.54, 1.807) is 0 Å². The molecule has 0 saturated heterocycles. The molecule has 2 aliphatic carbocycles. The number of hydrogen-bond donors (Lipinski definition) is 0. The lowest BCUT2D eigenvalue weighted by Gasteiger charge is -2.29. The van der Waals surface area contributed by atoms with Crippen LogP contribution in [0.1, 0.15) is 68.6 Å². The first-order valence-corrected chi connectivity index (χ1v) is 19.0. The Bertz CT molecular complexity index is 2330. The smallest absolute Gasteiger partial charge is 0.0465 e. The van der Waals surface area contributed by atoms with E-state index in [0.717, 1.165) is 5.69 Å². The Kier molecular flexibility index (Phi) is 8.36. The van der Waals surface area contributed by atoms with Gasteiger partial charge >= 0.3 is 0 Å². The summed E-state index contributed by atoms with van der Waals surface area (Å²) in [5.41, 5.74) is 17.8. The summed E-state index contributed by atoms with van der Waals surface area (Å²) < 4.78 is 0. The molecule has 0 radical (unpaired) electrons. The molecule has 1 saturated carbocycles. The summed E-state index contributed by atoms with van der Waals surface area (Å²) in [6.45, 7) is 4.74. The zero-order chi connectivity index (χ0) is 35.1. The number of fused-ring (bicyclic) bond motifs is 3. The number of benzene rings is 7. The third-order valence-electron chi connectivity index (χ3n) is 11.7. The van der Waals surface area contributed by atoms with Crippen LogP contribution in [-0.4, -0.2) is 0 Å². The summed E-state index contributed by atoms with van der Waals surface area (Å²) in [6.07, 6.45) is 6.68. The lowest BCUT2D eigenvalue weighted by molar-refractivity contribution is 0.443. The van der Waals surface area contributed by atoms with Gasteiger partial charge in [-0.05, 0) is 122 Å². The maximum absolute atomic E-state index is 2.45. The summed E-state index contributed by atoms with van der Waals surface area (Å²) in [5, 5.41) is 0. The third-order valence-corrected chi connectivity index (χ3v) is 11.7. The first kappa shape index (κ1) is 32.3. The fraction of sp³-hybridized carbons (Fsp3) is 0.176. The Morgan fingerprint density at radius 1 is 0.404 bits per heavy atom. The van der Waals surface area contributed by atoms with Crippen LogP contribution in [0, 0.1) is 0 Å². The largest absolute Gasteiger partial charge is 0.310 e. The van der Waals surface area contributed by atoms with Crippen molar-refractivity contribution < 1.29 is 0 Å². The fourth-order valence-corrected chi connectivity index (χ4v) is 8.86. The van der Waals surface area contributed by atoms with E-state index in [4.69, 9.17) is 0 Å². The fourth-order valence-electron chi connectivity index (χ4n) is 8.86. The summed E-state index contributed by atoms with van der Waals surface area (Å²) in [7, 11) is 0. The highest BCUT2D eigenvalue weighted by molar-refractivity contribution is 5.89. The van der Waals surface area contributed by atoms with Crippen LogP contribution in [-0.2, 0) is 5.41 Å². The molecule has 2 aliphatic rings. The minimum atomic E-state index is -0.0695. The Balaban J connectivity index is 1.15. The van der Waals surface area contributed by atoms with Crippen molar-refractivity contribution in [3.8, 4) is 44.5 Å². The van der Waals surface area contributed by atoms with Crippen molar-refractivity contribution in [3.05, 3.63) is 187 Å². The predicted molar refractivity (Wildman–Crippen MR) is 221 cm³/mol. The van der Waals surface area contributed by atoms with Gasteiger partial charge in [0.05, 0.1) is 0 Å². The summed E-state index contributed by atoms with van der Waals surface area (Å²) in [6, 6.07) is 63.1. The van der Waals surface area contributed by atoms with Gasteiger partial charge < -0.3 is 4.90 Å². The summed E-state index contributed by atoms with van der Waals surface area (Å²) in [5.74, 6) is 0.681. The van der Waals surface area contributed by atoms with Gasteiger partial charge in [-0.15, -0.1) is 0 Å². The molecule has 1 heteroatoms. The molecule has 0 atom stereocenters. The molecule has 7 aromatic rings. The van der Waals surface area contributed by atoms with Crippen LogP contribution in [0.2, 0.25) is 0 Å². The molecule has 0 amide bonds. The molecule has 0 spiro atoms. The average molecular weight is 672 g/mol. The molecule has 7 aromatic carbocycles. The second-order valence-electron chi connectivity index (χ2n) is 15.2. The van der Waals surface area contributed by atoms with E-state index in [0.29, 0.717) is 5.92 Å². The summed E-state index contributed by atoms with van der Waals surface area (Å²) >= 11 is 0. The topological polar surface area (TPSA) is 3.24 Å². The third kappa shape index (κ3) is 5.85. The van der Waals surface area contributed by atoms with E-state index in [9.17, 15) is 0 Å². The van der Waals surface area contributed by atoms with Crippen molar-refractivity contribution in [1.29, 1.82) is 0 Å². The SMILES string of the molecule is CC1(C)c2ccccc2-c2ccc(N(c3ccc(-c4cc(-c5ccccc5)ccc4-c4ccccc4)cc3)c3ccc(C4CCCCC4)cc3)cc21. The molecule has 0 N–H and O–H groups in total. The van der Waals surface area contributed by atoms with Crippen LogP contribution in [0.25, 0.3) is 44.5 Å². The Morgan fingerprint density at radius 3 is 1.65 bits per heavy atom. The van der Waals surface area contributed by atoms with Crippen LogP contribution in [0.15, 0.2) is 170 Å². The van der Waals surface area contributed by atoms with Gasteiger partial charge in [-0.3, -0.25) is 0 Å². The van der Waals surface area contributed by atoms with Gasteiger partial charge in [0, 0.05) is 22.5 Å². The maximum atomic E-state index is 2.45. The normalized spacial score (nSPS) is 14.8. The van der Waals surface area contributed by atoms with Gasteiger partial charge in [-0.1, -0.05) is 161 Å². The Morgan fingerprint density at radius 2 is 0.942 bits per heavy atom. The Hall–Kier alpha value is -5.66. The number of hydrogen-bond acceptors (Lipinski definition) is 1. The van der Waals surface area contributed by atoms with Crippen molar-refractivity contribution in [2.24, 2.45) is 0 Å². The first-order chi connectivity index (χ1) is 25.5. The molecule has 9 rings (SSSR count). The quantitative estimate of drug-likeness (QED) is 0.163. The molecule has 0 aliphatic heterocycles. The van der Waals surface area contributed by atoms with Crippen molar-refractivity contribution in [2.45, 2.75) is 57.3 Å². The predicted octanol–water partition coefficient (Wildman–Crippen LogP) is 14.5. The highest BCUT2D eigenvalue weighted by atomic mass is 15.1. The second kappa shape index (κ2) is 13.5. The van der Waals surface area contributed by atoms with Crippen LogP contribution in [0.5, 0.6) is 0 Å². The van der Waals surface area contributed by atoms with Gasteiger partial charge in [0.1, 0.15) is 0 Å². The minimum Gasteiger partial charge on any atom is -0.310 e. The molecule has 0 heterocycles. The average Bonchev–Trinajstić information content (AvgIpc) is 3.45. The first-order valence-electron chi connectivity index (χ1n) is 19.0. The number of anilines is 3. The Labute approximate surface area is 309 Å². The lowest BCUT2D eigenvalue weighted by atomic mass is 9.82. The van der Waals surface area contributed by atoms with Crippen molar-refractivity contribution >= 4 is 17.1 Å². The zero-order valence-corrected chi connectivity index (χ0v) is 30.2. The van der Waals surface area contributed by atoms with E-state index < -0.39 is 0 Å².